The van der Waals surface area contributed by atoms with Crippen LogP contribution in [0, 0.1) is 11.6 Å². The summed E-state index contributed by atoms with van der Waals surface area (Å²) >= 11 is 0. The van der Waals surface area contributed by atoms with Crippen LogP contribution in [0.3, 0.4) is 0 Å². The number of aliphatic hydroxyl groups excluding tert-OH is 1. The van der Waals surface area contributed by atoms with Crippen LogP contribution in [0.1, 0.15) is 34.5 Å². The summed E-state index contributed by atoms with van der Waals surface area (Å²) in [5.41, 5.74) is 8.49. The number of nitrogens with zero attached hydrogens (tertiary/aromatic N) is 1. The van der Waals surface area contributed by atoms with Crippen molar-refractivity contribution in [2.45, 2.75) is 19.4 Å². The number of pyridine rings is 1. The van der Waals surface area contributed by atoms with Crippen molar-refractivity contribution >= 4 is 23.7 Å². The highest BCUT2D eigenvalue weighted by molar-refractivity contribution is 5.95. The summed E-state index contributed by atoms with van der Waals surface area (Å²) < 4.78 is 26.7. The number of aromatic nitrogens is 1. The third-order valence-corrected chi connectivity index (χ3v) is 4.59. The smallest absolute Gasteiger partial charge is 0.257 e. The maximum absolute atomic E-state index is 13.3. The summed E-state index contributed by atoms with van der Waals surface area (Å²) in [6.45, 7) is 1.92. The van der Waals surface area contributed by atoms with Crippen LogP contribution in [0.5, 0.6) is 0 Å². The molecule has 0 saturated carbocycles. The van der Waals surface area contributed by atoms with E-state index in [1.54, 1.807) is 30.5 Å². The van der Waals surface area contributed by atoms with E-state index in [1.165, 1.54) is 0 Å². The molecule has 4 N–H and O–H groups in total. The van der Waals surface area contributed by atoms with Crippen LogP contribution in [-0.4, -0.2) is 22.3 Å². The molecule has 0 aliphatic carbocycles. The Morgan fingerprint density at radius 3 is 2.53 bits per heavy atom. The molecule has 6 nitrogen and oxygen atoms in total. The minimum absolute atomic E-state index is 0.137. The van der Waals surface area contributed by atoms with E-state index in [-0.39, 0.29) is 16.9 Å². The Labute approximate surface area is 171 Å². The Morgan fingerprint density at radius 2 is 1.90 bits per heavy atom. The van der Waals surface area contributed by atoms with Crippen molar-refractivity contribution in [1.29, 1.82) is 0 Å². The molecule has 0 fully saturated rings. The molecule has 0 aliphatic rings. The number of aliphatic hydroxyl groups is 1. The van der Waals surface area contributed by atoms with Crippen LogP contribution in [0.4, 0.5) is 20.3 Å². The van der Waals surface area contributed by atoms with Crippen molar-refractivity contribution in [2.24, 2.45) is 0 Å². The molecule has 3 rings (SSSR count). The lowest BCUT2D eigenvalue weighted by atomic mass is 9.97. The van der Waals surface area contributed by atoms with Gasteiger partial charge in [0.05, 0.1) is 5.56 Å². The molecule has 2 aromatic carbocycles. The molecule has 154 valence electrons. The number of carbonyl (C=O) groups is 2. The molecule has 1 unspecified atom stereocenters. The molecule has 1 heterocycles. The number of halogens is 2. The van der Waals surface area contributed by atoms with Gasteiger partial charge in [-0.3, -0.25) is 9.59 Å². The maximum Gasteiger partial charge on any atom is 0.257 e. The van der Waals surface area contributed by atoms with Gasteiger partial charge in [-0.2, -0.15) is 0 Å². The van der Waals surface area contributed by atoms with Crippen LogP contribution in [0.25, 0.3) is 11.1 Å². The topological polar surface area (TPSA) is 105 Å². The molecular formula is C22H19F2N3O3. The van der Waals surface area contributed by atoms with Crippen LogP contribution in [0.2, 0.25) is 0 Å². The minimum Gasteiger partial charge on any atom is -0.383 e. The second-order valence-electron chi connectivity index (χ2n) is 6.64. The lowest BCUT2D eigenvalue weighted by Crippen LogP contribution is -2.21. The van der Waals surface area contributed by atoms with Crippen molar-refractivity contribution in [3.05, 3.63) is 77.0 Å². The standard InChI is InChI=1S/C22H19F2N3O3/c1-2-12-8-18(3-4-19(12)14-5-15(11-28)21(25)26-10-14)27-22(30)20(29)13-6-16(23)9-17(24)7-13/h3-11,20,29H,2H2,1H3,(H2,25,26)(H,27,30). The van der Waals surface area contributed by atoms with Gasteiger partial charge >= 0.3 is 0 Å². The SMILES string of the molecule is CCc1cc(NC(=O)C(O)c2cc(F)cc(F)c2)ccc1-c1cnc(N)c(C=O)c1. The summed E-state index contributed by atoms with van der Waals surface area (Å²) in [5.74, 6) is -2.46. The number of aryl methyl sites for hydroxylation is 1. The molecule has 8 heteroatoms. The van der Waals surface area contributed by atoms with Crippen molar-refractivity contribution in [2.75, 3.05) is 11.1 Å². The molecule has 0 bridgehead atoms. The molecule has 1 atom stereocenters. The second-order valence-corrected chi connectivity index (χ2v) is 6.64. The number of anilines is 2. The van der Waals surface area contributed by atoms with Gasteiger partial charge in [0.15, 0.2) is 12.4 Å². The monoisotopic (exact) mass is 411 g/mol. The molecule has 1 aromatic heterocycles. The zero-order valence-corrected chi connectivity index (χ0v) is 16.0. The Hall–Kier alpha value is -3.65. The largest absolute Gasteiger partial charge is 0.383 e. The molecule has 0 aliphatic heterocycles. The van der Waals surface area contributed by atoms with E-state index in [0.717, 1.165) is 23.3 Å². The molecule has 30 heavy (non-hydrogen) atoms. The number of hydrogen-bond donors (Lipinski definition) is 3. The van der Waals surface area contributed by atoms with E-state index in [4.69, 9.17) is 5.73 Å². The first-order chi connectivity index (χ1) is 14.3. The molecule has 0 saturated heterocycles. The third-order valence-electron chi connectivity index (χ3n) is 4.59. The third kappa shape index (κ3) is 4.49. The molecule has 3 aromatic rings. The van der Waals surface area contributed by atoms with Gasteiger partial charge < -0.3 is 16.2 Å². The summed E-state index contributed by atoms with van der Waals surface area (Å²) in [7, 11) is 0. The van der Waals surface area contributed by atoms with Crippen molar-refractivity contribution in [3.63, 3.8) is 0 Å². The predicted octanol–water partition coefficient (Wildman–Crippen LogP) is 3.66. The number of nitrogens with two attached hydrogens (primary N) is 1. The normalized spacial score (nSPS) is 11.7. The van der Waals surface area contributed by atoms with E-state index in [0.29, 0.717) is 30.0 Å². The fraction of sp³-hybridized carbons (Fsp3) is 0.136. The Kier molecular flexibility index (Phi) is 6.17. The number of hydrogen-bond acceptors (Lipinski definition) is 5. The van der Waals surface area contributed by atoms with Crippen LogP contribution in [-0.2, 0) is 11.2 Å². The zero-order chi connectivity index (χ0) is 21.8. The fourth-order valence-electron chi connectivity index (χ4n) is 3.07. The summed E-state index contributed by atoms with van der Waals surface area (Å²) in [4.78, 5) is 27.5. The number of carbonyl (C=O) groups excluding carboxylic acids is 2. The van der Waals surface area contributed by atoms with Gasteiger partial charge in [0.2, 0.25) is 0 Å². The summed E-state index contributed by atoms with van der Waals surface area (Å²) in [5, 5.41) is 12.7. The predicted molar refractivity (Wildman–Crippen MR) is 109 cm³/mol. The van der Waals surface area contributed by atoms with Gasteiger partial charge in [0, 0.05) is 23.5 Å². The quantitative estimate of drug-likeness (QED) is 0.537. The maximum atomic E-state index is 13.3. The fourth-order valence-corrected chi connectivity index (χ4v) is 3.07. The van der Waals surface area contributed by atoms with E-state index >= 15 is 0 Å². The van der Waals surface area contributed by atoms with Crippen LogP contribution >= 0.6 is 0 Å². The first-order valence-electron chi connectivity index (χ1n) is 9.11. The van der Waals surface area contributed by atoms with Crippen molar-refractivity contribution in [3.8, 4) is 11.1 Å². The highest BCUT2D eigenvalue weighted by Gasteiger charge is 2.20. The highest BCUT2D eigenvalue weighted by Crippen LogP contribution is 2.28. The van der Waals surface area contributed by atoms with Gasteiger partial charge in [-0.25, -0.2) is 13.8 Å². The minimum atomic E-state index is -1.74. The van der Waals surface area contributed by atoms with Crippen molar-refractivity contribution in [1.82, 2.24) is 4.98 Å². The lowest BCUT2D eigenvalue weighted by molar-refractivity contribution is -0.124. The van der Waals surface area contributed by atoms with Crippen LogP contribution in [0.15, 0.2) is 48.7 Å². The first kappa shape index (κ1) is 21.1. The van der Waals surface area contributed by atoms with E-state index in [1.807, 2.05) is 6.92 Å². The van der Waals surface area contributed by atoms with Gasteiger partial charge in [0.25, 0.3) is 5.91 Å². The molecule has 0 spiro atoms. The Bertz CT molecular complexity index is 1100. The van der Waals surface area contributed by atoms with Gasteiger partial charge in [-0.1, -0.05) is 13.0 Å². The average Bonchev–Trinajstić information content (AvgIpc) is 2.72. The number of nitrogens with one attached hydrogen (secondary N) is 1. The molecule has 0 radical (unpaired) electrons. The summed E-state index contributed by atoms with van der Waals surface area (Å²) in [6.07, 6.45) is 1.05. The highest BCUT2D eigenvalue weighted by atomic mass is 19.1. The summed E-state index contributed by atoms with van der Waals surface area (Å²) in [6, 6.07) is 9.14. The zero-order valence-electron chi connectivity index (χ0n) is 16.0. The van der Waals surface area contributed by atoms with Gasteiger partial charge in [-0.05, 0) is 53.4 Å². The van der Waals surface area contributed by atoms with Crippen LogP contribution < -0.4 is 11.1 Å². The van der Waals surface area contributed by atoms with Gasteiger partial charge in [0.1, 0.15) is 17.5 Å². The Balaban J connectivity index is 1.85. The number of rotatable bonds is 6. The lowest BCUT2D eigenvalue weighted by Gasteiger charge is -2.15. The first-order valence-corrected chi connectivity index (χ1v) is 9.11. The number of nitrogen functional groups attached to an aromatic ring is 1. The Morgan fingerprint density at radius 1 is 1.20 bits per heavy atom. The number of aldehydes is 1. The molecular weight excluding hydrogens is 392 g/mol. The number of amides is 1. The van der Waals surface area contributed by atoms with E-state index < -0.39 is 23.6 Å². The van der Waals surface area contributed by atoms with Crippen molar-refractivity contribution < 1.29 is 23.5 Å². The van der Waals surface area contributed by atoms with Gasteiger partial charge in [-0.15, -0.1) is 0 Å². The van der Waals surface area contributed by atoms with E-state index in [9.17, 15) is 23.5 Å². The average molecular weight is 411 g/mol. The second kappa shape index (κ2) is 8.79. The molecule has 1 amide bonds. The van der Waals surface area contributed by atoms with E-state index in [2.05, 4.69) is 10.3 Å². The number of benzene rings is 2.